The molecular formula is C14H29NO. The van der Waals surface area contributed by atoms with E-state index in [0.29, 0.717) is 5.41 Å². The maximum absolute atomic E-state index is 5.09. The van der Waals surface area contributed by atoms with Crippen LogP contribution in [0.25, 0.3) is 0 Å². The van der Waals surface area contributed by atoms with Crippen LogP contribution in [0.4, 0.5) is 0 Å². The van der Waals surface area contributed by atoms with Gasteiger partial charge < -0.3 is 10.1 Å². The predicted octanol–water partition coefficient (Wildman–Crippen LogP) is 3.22. The fraction of sp³-hybridized carbons (Fsp3) is 1.00. The maximum Gasteiger partial charge on any atom is 0.0474 e. The van der Waals surface area contributed by atoms with E-state index >= 15 is 0 Å². The highest BCUT2D eigenvalue weighted by Crippen LogP contribution is 2.37. The predicted molar refractivity (Wildman–Crippen MR) is 69.7 cm³/mol. The van der Waals surface area contributed by atoms with Gasteiger partial charge in [-0.05, 0) is 37.1 Å². The van der Waals surface area contributed by atoms with Gasteiger partial charge in [-0.2, -0.15) is 0 Å². The van der Waals surface area contributed by atoms with Gasteiger partial charge in [-0.3, -0.25) is 0 Å². The van der Waals surface area contributed by atoms with Gasteiger partial charge in [0.05, 0.1) is 0 Å². The summed E-state index contributed by atoms with van der Waals surface area (Å²) in [5.41, 5.74) is 0.444. The monoisotopic (exact) mass is 227 g/mol. The summed E-state index contributed by atoms with van der Waals surface area (Å²) in [5.74, 6) is 0.837. The number of methoxy groups -OCH3 is 1. The van der Waals surface area contributed by atoms with Crippen molar-refractivity contribution in [1.82, 2.24) is 5.32 Å². The molecule has 96 valence electrons. The van der Waals surface area contributed by atoms with Crippen LogP contribution < -0.4 is 5.32 Å². The van der Waals surface area contributed by atoms with E-state index in [0.717, 1.165) is 31.5 Å². The fourth-order valence-corrected chi connectivity index (χ4v) is 2.92. The second-order valence-electron chi connectivity index (χ2n) is 6.16. The highest BCUT2D eigenvalue weighted by atomic mass is 16.5. The summed E-state index contributed by atoms with van der Waals surface area (Å²) < 4.78 is 5.09. The van der Waals surface area contributed by atoms with Gasteiger partial charge in [-0.1, -0.05) is 33.6 Å². The summed E-state index contributed by atoms with van der Waals surface area (Å²) in [6.45, 7) is 9.12. The van der Waals surface area contributed by atoms with Crippen molar-refractivity contribution in [2.24, 2.45) is 11.3 Å². The minimum atomic E-state index is 0.444. The second kappa shape index (κ2) is 6.61. The Balaban J connectivity index is 2.35. The number of hydrogen-bond acceptors (Lipinski definition) is 2. The first kappa shape index (κ1) is 14.0. The first-order valence-electron chi connectivity index (χ1n) is 6.78. The lowest BCUT2D eigenvalue weighted by molar-refractivity contribution is 0.127. The summed E-state index contributed by atoms with van der Waals surface area (Å²) in [6, 6.07) is 0.727. The standard InChI is InChI=1S/C14H29NO/c1-14(2,3)12-8-5-6-9-13(12)15-10-7-11-16-4/h12-13,15H,5-11H2,1-4H3/t12-,13-/m0/s1. The minimum absolute atomic E-state index is 0.444. The van der Waals surface area contributed by atoms with Gasteiger partial charge in [0.15, 0.2) is 0 Å². The van der Waals surface area contributed by atoms with Crippen molar-refractivity contribution >= 4 is 0 Å². The Labute approximate surface area is 101 Å². The highest BCUT2D eigenvalue weighted by molar-refractivity contribution is 4.88. The van der Waals surface area contributed by atoms with Gasteiger partial charge in [-0.25, -0.2) is 0 Å². The van der Waals surface area contributed by atoms with Crippen molar-refractivity contribution in [3.63, 3.8) is 0 Å². The van der Waals surface area contributed by atoms with E-state index in [1.807, 2.05) is 0 Å². The molecule has 0 aliphatic heterocycles. The Morgan fingerprint density at radius 3 is 2.50 bits per heavy atom. The first-order valence-corrected chi connectivity index (χ1v) is 6.78. The summed E-state index contributed by atoms with van der Waals surface area (Å²) >= 11 is 0. The average Bonchev–Trinajstić information content (AvgIpc) is 2.24. The van der Waals surface area contributed by atoms with Gasteiger partial charge in [0.2, 0.25) is 0 Å². The largest absolute Gasteiger partial charge is 0.385 e. The van der Waals surface area contributed by atoms with E-state index in [4.69, 9.17) is 4.74 Å². The molecular weight excluding hydrogens is 198 g/mol. The topological polar surface area (TPSA) is 21.3 Å². The van der Waals surface area contributed by atoms with Crippen LogP contribution in [0.2, 0.25) is 0 Å². The molecule has 0 aromatic carbocycles. The molecule has 0 spiro atoms. The van der Waals surface area contributed by atoms with Crippen LogP contribution >= 0.6 is 0 Å². The zero-order valence-corrected chi connectivity index (χ0v) is 11.5. The quantitative estimate of drug-likeness (QED) is 0.728. The van der Waals surface area contributed by atoms with Crippen LogP contribution in [0.15, 0.2) is 0 Å². The van der Waals surface area contributed by atoms with Gasteiger partial charge in [-0.15, -0.1) is 0 Å². The highest BCUT2D eigenvalue weighted by Gasteiger charge is 2.33. The molecule has 1 aliphatic rings. The summed E-state index contributed by atoms with van der Waals surface area (Å²) in [4.78, 5) is 0. The molecule has 0 aromatic heterocycles. The molecule has 1 saturated carbocycles. The molecule has 2 nitrogen and oxygen atoms in total. The Hall–Kier alpha value is -0.0800. The Morgan fingerprint density at radius 1 is 1.19 bits per heavy atom. The van der Waals surface area contributed by atoms with Gasteiger partial charge in [0, 0.05) is 19.8 Å². The van der Waals surface area contributed by atoms with Crippen LogP contribution in [0.3, 0.4) is 0 Å². The van der Waals surface area contributed by atoms with Gasteiger partial charge >= 0.3 is 0 Å². The molecule has 0 bridgehead atoms. The summed E-state index contributed by atoms with van der Waals surface area (Å²) in [6.07, 6.45) is 6.69. The Bertz CT molecular complexity index is 186. The lowest BCUT2D eigenvalue weighted by atomic mass is 9.69. The number of ether oxygens (including phenoxy) is 1. The Kier molecular flexibility index (Phi) is 5.77. The third-order valence-electron chi connectivity index (χ3n) is 3.81. The SMILES string of the molecule is COCCCN[C@H]1CCCC[C@@H]1C(C)(C)C. The Morgan fingerprint density at radius 2 is 1.88 bits per heavy atom. The van der Waals surface area contributed by atoms with Crippen LogP contribution in [-0.2, 0) is 4.74 Å². The molecule has 2 atom stereocenters. The third-order valence-corrected chi connectivity index (χ3v) is 3.81. The lowest BCUT2D eigenvalue weighted by Gasteiger charge is -2.41. The fourth-order valence-electron chi connectivity index (χ4n) is 2.92. The van der Waals surface area contributed by atoms with E-state index < -0.39 is 0 Å². The maximum atomic E-state index is 5.09. The van der Waals surface area contributed by atoms with Crippen molar-refractivity contribution in [3.05, 3.63) is 0 Å². The van der Waals surface area contributed by atoms with Crippen LogP contribution in [0.5, 0.6) is 0 Å². The molecule has 0 saturated heterocycles. The van der Waals surface area contributed by atoms with Crippen LogP contribution in [0, 0.1) is 11.3 Å². The molecule has 2 heteroatoms. The molecule has 1 aliphatic carbocycles. The molecule has 0 heterocycles. The molecule has 0 aromatic rings. The molecule has 1 fully saturated rings. The molecule has 0 radical (unpaired) electrons. The number of rotatable bonds is 5. The van der Waals surface area contributed by atoms with Crippen molar-refractivity contribution in [2.45, 2.75) is 58.9 Å². The van der Waals surface area contributed by atoms with E-state index in [1.54, 1.807) is 7.11 Å². The van der Waals surface area contributed by atoms with Crippen molar-refractivity contribution in [2.75, 3.05) is 20.3 Å². The van der Waals surface area contributed by atoms with Crippen molar-refractivity contribution in [1.29, 1.82) is 0 Å². The second-order valence-corrected chi connectivity index (χ2v) is 6.16. The summed E-state index contributed by atoms with van der Waals surface area (Å²) in [5, 5.41) is 3.73. The van der Waals surface area contributed by atoms with Gasteiger partial charge in [0.25, 0.3) is 0 Å². The number of nitrogens with one attached hydrogen (secondary N) is 1. The first-order chi connectivity index (χ1) is 7.55. The zero-order chi connectivity index (χ0) is 12.0. The zero-order valence-electron chi connectivity index (χ0n) is 11.5. The van der Waals surface area contributed by atoms with Crippen molar-refractivity contribution in [3.8, 4) is 0 Å². The van der Waals surface area contributed by atoms with Crippen LogP contribution in [0.1, 0.15) is 52.9 Å². The molecule has 0 unspecified atom stereocenters. The van der Waals surface area contributed by atoms with Gasteiger partial charge in [0.1, 0.15) is 0 Å². The molecule has 1 rings (SSSR count). The van der Waals surface area contributed by atoms with Crippen molar-refractivity contribution < 1.29 is 4.74 Å². The average molecular weight is 227 g/mol. The van der Waals surface area contributed by atoms with E-state index in [-0.39, 0.29) is 0 Å². The molecule has 16 heavy (non-hydrogen) atoms. The van der Waals surface area contributed by atoms with E-state index in [2.05, 4.69) is 26.1 Å². The number of hydrogen-bond donors (Lipinski definition) is 1. The summed E-state index contributed by atoms with van der Waals surface area (Å²) in [7, 11) is 1.78. The minimum Gasteiger partial charge on any atom is -0.385 e. The molecule has 0 amide bonds. The lowest BCUT2D eigenvalue weighted by Crippen LogP contribution is -2.44. The van der Waals surface area contributed by atoms with E-state index in [9.17, 15) is 0 Å². The normalized spacial score (nSPS) is 27.0. The third kappa shape index (κ3) is 4.42. The van der Waals surface area contributed by atoms with Crippen LogP contribution in [-0.4, -0.2) is 26.3 Å². The smallest absolute Gasteiger partial charge is 0.0474 e. The molecule has 1 N–H and O–H groups in total. The van der Waals surface area contributed by atoms with E-state index in [1.165, 1.54) is 25.7 Å².